The average molecular weight is 386 g/mol. The standard InChI is InChI=1S/C20H22N2O6/c1-24-15-8-6-5-7-13(15)14-11-18(28-22-14)20(23)21-12-9-16(25-2)19(27-4)17(10-12)26-3/h5-10,18H,11H2,1-4H3,(H,21,23). The largest absolute Gasteiger partial charge is 0.496 e. The molecule has 0 bridgehead atoms. The van der Waals surface area contributed by atoms with E-state index in [0.29, 0.717) is 40.8 Å². The van der Waals surface area contributed by atoms with Crippen molar-refractivity contribution in [2.45, 2.75) is 12.5 Å². The van der Waals surface area contributed by atoms with Gasteiger partial charge in [0, 0.05) is 29.8 Å². The number of methoxy groups -OCH3 is 4. The zero-order chi connectivity index (χ0) is 20.1. The fourth-order valence-corrected chi connectivity index (χ4v) is 2.94. The first-order valence-electron chi connectivity index (χ1n) is 8.58. The third-order valence-electron chi connectivity index (χ3n) is 4.31. The summed E-state index contributed by atoms with van der Waals surface area (Å²) in [6, 6.07) is 10.8. The molecule has 1 N–H and O–H groups in total. The van der Waals surface area contributed by atoms with Gasteiger partial charge < -0.3 is 29.1 Å². The number of hydrogen-bond acceptors (Lipinski definition) is 7. The number of oxime groups is 1. The maximum Gasteiger partial charge on any atom is 0.268 e. The molecule has 1 aliphatic heterocycles. The second-order valence-corrected chi connectivity index (χ2v) is 5.94. The third kappa shape index (κ3) is 3.80. The molecule has 0 saturated heterocycles. The van der Waals surface area contributed by atoms with Gasteiger partial charge in [-0.2, -0.15) is 0 Å². The molecule has 0 aliphatic carbocycles. The lowest BCUT2D eigenvalue weighted by Crippen LogP contribution is -2.28. The Balaban J connectivity index is 1.73. The average Bonchev–Trinajstić information content (AvgIpc) is 3.23. The third-order valence-corrected chi connectivity index (χ3v) is 4.31. The summed E-state index contributed by atoms with van der Waals surface area (Å²) in [5, 5.41) is 6.86. The van der Waals surface area contributed by atoms with E-state index in [1.807, 2.05) is 24.3 Å². The molecule has 148 valence electrons. The molecule has 1 aliphatic rings. The van der Waals surface area contributed by atoms with E-state index in [0.717, 1.165) is 5.56 Å². The minimum absolute atomic E-state index is 0.330. The number of nitrogens with zero attached hydrogens (tertiary/aromatic N) is 1. The lowest BCUT2D eigenvalue weighted by atomic mass is 10.0. The molecule has 3 rings (SSSR count). The zero-order valence-electron chi connectivity index (χ0n) is 16.1. The Bertz CT molecular complexity index is 871. The van der Waals surface area contributed by atoms with Crippen LogP contribution in [0.25, 0.3) is 0 Å². The predicted molar refractivity (Wildman–Crippen MR) is 104 cm³/mol. The molecule has 1 heterocycles. The maximum absolute atomic E-state index is 12.6. The number of benzene rings is 2. The molecule has 1 amide bonds. The topological polar surface area (TPSA) is 87.6 Å². The molecule has 2 aromatic rings. The van der Waals surface area contributed by atoms with Gasteiger partial charge in [-0.1, -0.05) is 17.3 Å². The van der Waals surface area contributed by atoms with Gasteiger partial charge in [0.1, 0.15) is 5.75 Å². The molecular weight excluding hydrogens is 364 g/mol. The van der Waals surface area contributed by atoms with E-state index in [9.17, 15) is 4.79 Å². The Labute approximate surface area is 163 Å². The number of para-hydroxylation sites is 1. The Kier molecular flexibility index (Phi) is 5.88. The summed E-state index contributed by atoms with van der Waals surface area (Å²) in [7, 11) is 6.12. The van der Waals surface area contributed by atoms with Crippen molar-refractivity contribution in [2.75, 3.05) is 33.8 Å². The summed E-state index contributed by atoms with van der Waals surface area (Å²) in [5.74, 6) is 1.67. The molecule has 1 unspecified atom stereocenters. The highest BCUT2D eigenvalue weighted by Crippen LogP contribution is 2.40. The number of anilines is 1. The van der Waals surface area contributed by atoms with Crippen LogP contribution in [0.3, 0.4) is 0 Å². The molecule has 0 radical (unpaired) electrons. The van der Waals surface area contributed by atoms with Gasteiger partial charge >= 0.3 is 0 Å². The van der Waals surface area contributed by atoms with Gasteiger partial charge in [0.05, 0.1) is 34.2 Å². The van der Waals surface area contributed by atoms with Crippen molar-refractivity contribution in [3.63, 3.8) is 0 Å². The van der Waals surface area contributed by atoms with Crippen LogP contribution < -0.4 is 24.3 Å². The van der Waals surface area contributed by atoms with Crippen LogP contribution in [-0.2, 0) is 9.63 Å². The first-order chi connectivity index (χ1) is 13.6. The zero-order valence-corrected chi connectivity index (χ0v) is 16.1. The lowest BCUT2D eigenvalue weighted by Gasteiger charge is -2.15. The van der Waals surface area contributed by atoms with Crippen LogP contribution in [-0.4, -0.2) is 46.2 Å². The number of carbonyl (C=O) groups excluding carboxylic acids is 1. The Morgan fingerprint density at radius 3 is 2.25 bits per heavy atom. The number of carbonyl (C=O) groups is 1. The predicted octanol–water partition coefficient (Wildman–Crippen LogP) is 2.85. The summed E-state index contributed by atoms with van der Waals surface area (Å²) >= 11 is 0. The number of hydrogen-bond donors (Lipinski definition) is 1. The molecule has 2 aromatic carbocycles. The van der Waals surface area contributed by atoms with Crippen molar-refractivity contribution >= 4 is 17.3 Å². The monoisotopic (exact) mass is 386 g/mol. The van der Waals surface area contributed by atoms with E-state index in [4.69, 9.17) is 23.8 Å². The number of nitrogens with one attached hydrogen (secondary N) is 1. The van der Waals surface area contributed by atoms with Gasteiger partial charge in [-0.25, -0.2) is 0 Å². The molecule has 8 nitrogen and oxygen atoms in total. The summed E-state index contributed by atoms with van der Waals surface area (Å²) in [5.41, 5.74) is 1.95. The fourth-order valence-electron chi connectivity index (χ4n) is 2.94. The summed E-state index contributed by atoms with van der Waals surface area (Å²) < 4.78 is 21.2. The van der Waals surface area contributed by atoms with Crippen LogP contribution in [0.4, 0.5) is 5.69 Å². The molecule has 28 heavy (non-hydrogen) atoms. The number of rotatable bonds is 7. The van der Waals surface area contributed by atoms with Crippen LogP contribution in [0.1, 0.15) is 12.0 Å². The minimum Gasteiger partial charge on any atom is -0.496 e. The first-order valence-corrected chi connectivity index (χ1v) is 8.58. The Hall–Kier alpha value is -3.42. The highest BCUT2D eigenvalue weighted by atomic mass is 16.6. The summed E-state index contributed by atoms with van der Waals surface area (Å²) in [4.78, 5) is 18.0. The van der Waals surface area contributed by atoms with Crippen molar-refractivity contribution in [3.8, 4) is 23.0 Å². The van der Waals surface area contributed by atoms with Crippen molar-refractivity contribution in [1.82, 2.24) is 0 Å². The van der Waals surface area contributed by atoms with E-state index >= 15 is 0 Å². The normalized spacial score (nSPS) is 15.3. The maximum atomic E-state index is 12.6. The van der Waals surface area contributed by atoms with Crippen LogP contribution in [0, 0.1) is 0 Å². The molecule has 0 aromatic heterocycles. The first kappa shape index (κ1) is 19.3. The highest BCUT2D eigenvalue weighted by Gasteiger charge is 2.30. The van der Waals surface area contributed by atoms with Crippen LogP contribution in [0.15, 0.2) is 41.6 Å². The smallest absolute Gasteiger partial charge is 0.268 e. The van der Waals surface area contributed by atoms with Crippen LogP contribution >= 0.6 is 0 Å². The number of ether oxygens (including phenoxy) is 4. The van der Waals surface area contributed by atoms with Gasteiger partial charge in [0.15, 0.2) is 11.5 Å². The second-order valence-electron chi connectivity index (χ2n) is 5.94. The van der Waals surface area contributed by atoms with Gasteiger partial charge in [-0.3, -0.25) is 4.79 Å². The Morgan fingerprint density at radius 2 is 1.64 bits per heavy atom. The SMILES string of the molecule is COc1ccccc1C1=NOC(C(=O)Nc2cc(OC)c(OC)c(OC)c2)C1. The summed E-state index contributed by atoms with van der Waals surface area (Å²) in [6.07, 6.45) is -0.421. The number of amides is 1. The molecule has 8 heteroatoms. The molecular formula is C20H22N2O6. The lowest BCUT2D eigenvalue weighted by molar-refractivity contribution is -0.125. The van der Waals surface area contributed by atoms with Crippen molar-refractivity contribution in [1.29, 1.82) is 0 Å². The van der Waals surface area contributed by atoms with E-state index in [1.165, 1.54) is 21.3 Å². The molecule has 0 saturated carbocycles. The van der Waals surface area contributed by atoms with Crippen molar-refractivity contribution in [2.24, 2.45) is 5.16 Å². The molecule has 1 atom stereocenters. The van der Waals surface area contributed by atoms with Gasteiger partial charge in [-0.05, 0) is 12.1 Å². The van der Waals surface area contributed by atoms with E-state index in [2.05, 4.69) is 10.5 Å². The van der Waals surface area contributed by atoms with Crippen LogP contribution in [0.2, 0.25) is 0 Å². The van der Waals surface area contributed by atoms with Crippen molar-refractivity contribution in [3.05, 3.63) is 42.0 Å². The molecule has 0 spiro atoms. The molecule has 0 fully saturated rings. The van der Waals surface area contributed by atoms with Gasteiger partial charge in [0.25, 0.3) is 5.91 Å². The Morgan fingerprint density at radius 1 is 1.00 bits per heavy atom. The van der Waals surface area contributed by atoms with E-state index in [1.54, 1.807) is 19.2 Å². The summed E-state index contributed by atoms with van der Waals surface area (Å²) in [6.45, 7) is 0. The van der Waals surface area contributed by atoms with E-state index < -0.39 is 6.10 Å². The fraction of sp³-hybridized carbons (Fsp3) is 0.300. The van der Waals surface area contributed by atoms with Crippen molar-refractivity contribution < 1.29 is 28.6 Å². The second kappa shape index (κ2) is 8.51. The van der Waals surface area contributed by atoms with Gasteiger partial charge in [-0.15, -0.1) is 0 Å². The van der Waals surface area contributed by atoms with Gasteiger partial charge in [0.2, 0.25) is 11.9 Å². The van der Waals surface area contributed by atoms with Crippen LogP contribution in [0.5, 0.6) is 23.0 Å². The highest BCUT2D eigenvalue weighted by molar-refractivity contribution is 6.07. The quantitative estimate of drug-likeness (QED) is 0.787. The van der Waals surface area contributed by atoms with E-state index in [-0.39, 0.29) is 5.91 Å². The minimum atomic E-state index is -0.751.